The lowest BCUT2D eigenvalue weighted by atomic mass is 9.81. The Bertz CT molecular complexity index is 1840. The molecule has 6 rings (SSSR count). The molecule has 0 radical (unpaired) electrons. The van der Waals surface area contributed by atoms with Gasteiger partial charge in [-0.3, -0.25) is 0 Å². The van der Waals surface area contributed by atoms with E-state index < -0.39 is 17.6 Å². The number of benzene rings is 6. The summed E-state index contributed by atoms with van der Waals surface area (Å²) in [6.45, 7) is 0.153. The maximum absolute atomic E-state index is 14.4. The van der Waals surface area contributed by atoms with E-state index in [1.165, 1.54) is 7.11 Å². The van der Waals surface area contributed by atoms with E-state index >= 15 is 0 Å². The van der Waals surface area contributed by atoms with Crippen molar-refractivity contribution >= 4 is 49.1 Å². The SMILES string of the molecule is COC(=O)[C@](OCc1c2ccccc2cc2ccccc12)(c1ccc(Br)cc1)[C@@H](Nc1ccc(OC)cc1)c1ccccc1. The average Bonchev–Trinajstić information content (AvgIpc) is 3.08. The quantitative estimate of drug-likeness (QED) is 0.119. The van der Waals surface area contributed by atoms with Crippen molar-refractivity contribution in [1.29, 1.82) is 0 Å². The van der Waals surface area contributed by atoms with Gasteiger partial charge < -0.3 is 19.5 Å². The van der Waals surface area contributed by atoms with E-state index in [9.17, 15) is 4.79 Å². The molecule has 6 aromatic rings. The summed E-state index contributed by atoms with van der Waals surface area (Å²) in [6.07, 6.45) is 0. The fraction of sp³-hybridized carbons (Fsp3) is 0.132. The summed E-state index contributed by atoms with van der Waals surface area (Å²) in [5.74, 6) is 0.220. The van der Waals surface area contributed by atoms with E-state index in [0.29, 0.717) is 5.56 Å². The second-order valence-corrected chi connectivity index (χ2v) is 11.5. The van der Waals surface area contributed by atoms with Gasteiger partial charge in [0, 0.05) is 10.2 Å². The molecule has 0 saturated carbocycles. The highest BCUT2D eigenvalue weighted by Crippen LogP contribution is 2.44. The van der Waals surface area contributed by atoms with Crippen molar-refractivity contribution in [2.24, 2.45) is 0 Å². The van der Waals surface area contributed by atoms with Crippen molar-refractivity contribution in [3.05, 3.63) is 155 Å². The van der Waals surface area contributed by atoms with E-state index in [1.54, 1.807) is 7.11 Å². The number of rotatable bonds is 10. The number of esters is 1. The van der Waals surface area contributed by atoms with Crippen molar-refractivity contribution < 1.29 is 19.0 Å². The Kier molecular flexibility index (Phi) is 8.64. The molecule has 0 heterocycles. The minimum Gasteiger partial charge on any atom is -0.497 e. The Labute approximate surface area is 265 Å². The molecule has 44 heavy (non-hydrogen) atoms. The maximum atomic E-state index is 14.4. The molecule has 5 nitrogen and oxygen atoms in total. The van der Waals surface area contributed by atoms with Crippen molar-refractivity contribution in [1.82, 2.24) is 0 Å². The number of hydrogen-bond donors (Lipinski definition) is 1. The summed E-state index contributed by atoms with van der Waals surface area (Å²) in [6, 6.07) is 43.2. The van der Waals surface area contributed by atoms with Crippen molar-refractivity contribution in [3.8, 4) is 5.75 Å². The first-order valence-corrected chi connectivity index (χ1v) is 15.2. The van der Waals surface area contributed by atoms with E-state index in [-0.39, 0.29) is 6.61 Å². The number of carbonyl (C=O) groups is 1. The predicted octanol–water partition coefficient (Wildman–Crippen LogP) is 9.20. The summed E-state index contributed by atoms with van der Waals surface area (Å²) in [7, 11) is 3.04. The Morgan fingerprint density at radius 1 is 0.750 bits per heavy atom. The molecule has 0 unspecified atom stereocenters. The molecule has 0 aromatic heterocycles. The molecule has 0 amide bonds. The summed E-state index contributed by atoms with van der Waals surface area (Å²) in [5, 5.41) is 7.98. The Morgan fingerprint density at radius 3 is 1.93 bits per heavy atom. The van der Waals surface area contributed by atoms with Crippen LogP contribution in [0.1, 0.15) is 22.7 Å². The minimum absolute atomic E-state index is 0.153. The zero-order valence-electron chi connectivity index (χ0n) is 24.5. The predicted molar refractivity (Wildman–Crippen MR) is 180 cm³/mol. The van der Waals surface area contributed by atoms with Gasteiger partial charge in [0.15, 0.2) is 0 Å². The van der Waals surface area contributed by atoms with Crippen LogP contribution in [0.4, 0.5) is 5.69 Å². The van der Waals surface area contributed by atoms with Gasteiger partial charge in [-0.25, -0.2) is 4.79 Å². The number of hydrogen-bond acceptors (Lipinski definition) is 5. The summed E-state index contributed by atoms with van der Waals surface area (Å²) in [5.41, 5.74) is 1.73. The molecular weight excluding hydrogens is 614 g/mol. The monoisotopic (exact) mass is 645 g/mol. The van der Waals surface area contributed by atoms with Gasteiger partial charge in [-0.2, -0.15) is 0 Å². The zero-order chi connectivity index (χ0) is 30.5. The Morgan fingerprint density at radius 2 is 1.34 bits per heavy atom. The van der Waals surface area contributed by atoms with Crippen LogP contribution in [0, 0.1) is 0 Å². The maximum Gasteiger partial charge on any atom is 0.345 e. The summed E-state index contributed by atoms with van der Waals surface area (Å²) < 4.78 is 18.9. The van der Waals surface area contributed by atoms with E-state index in [2.05, 4.69) is 51.6 Å². The molecule has 0 aliphatic heterocycles. The molecule has 0 saturated heterocycles. The normalized spacial score (nSPS) is 13.2. The third-order valence-electron chi connectivity index (χ3n) is 8.03. The van der Waals surface area contributed by atoms with Crippen LogP contribution in [-0.2, 0) is 26.5 Å². The third-order valence-corrected chi connectivity index (χ3v) is 8.56. The number of fused-ring (bicyclic) bond motifs is 2. The van der Waals surface area contributed by atoms with Gasteiger partial charge in [-0.05, 0) is 80.7 Å². The highest BCUT2D eigenvalue weighted by molar-refractivity contribution is 9.10. The topological polar surface area (TPSA) is 56.8 Å². The first-order chi connectivity index (χ1) is 21.5. The van der Waals surface area contributed by atoms with Crippen molar-refractivity contribution in [2.45, 2.75) is 18.2 Å². The molecule has 1 N–H and O–H groups in total. The smallest absolute Gasteiger partial charge is 0.345 e. The first-order valence-electron chi connectivity index (χ1n) is 14.4. The van der Waals surface area contributed by atoms with Gasteiger partial charge in [0.05, 0.1) is 26.9 Å². The molecular formula is C38H32BrNO4. The molecule has 220 valence electrons. The van der Waals surface area contributed by atoms with Crippen LogP contribution >= 0.6 is 15.9 Å². The van der Waals surface area contributed by atoms with E-state index in [1.807, 2.05) is 103 Å². The number of carbonyl (C=O) groups excluding carboxylic acids is 1. The Hall–Kier alpha value is -4.65. The second-order valence-electron chi connectivity index (χ2n) is 10.5. The molecule has 0 bridgehead atoms. The van der Waals surface area contributed by atoms with E-state index in [0.717, 1.165) is 48.6 Å². The fourth-order valence-electron chi connectivity index (χ4n) is 5.85. The van der Waals surface area contributed by atoms with Gasteiger partial charge in [0.1, 0.15) is 5.75 Å². The van der Waals surface area contributed by atoms with Crippen LogP contribution < -0.4 is 10.1 Å². The van der Waals surface area contributed by atoms with Crippen molar-refractivity contribution in [3.63, 3.8) is 0 Å². The largest absolute Gasteiger partial charge is 0.497 e. The lowest BCUT2D eigenvalue weighted by Crippen LogP contribution is -2.48. The van der Waals surface area contributed by atoms with Crippen LogP contribution in [0.3, 0.4) is 0 Å². The summed E-state index contributed by atoms with van der Waals surface area (Å²) >= 11 is 3.56. The lowest BCUT2D eigenvalue weighted by molar-refractivity contribution is -0.177. The van der Waals surface area contributed by atoms with Crippen molar-refractivity contribution in [2.75, 3.05) is 19.5 Å². The van der Waals surface area contributed by atoms with Gasteiger partial charge in [-0.1, -0.05) is 107 Å². The average molecular weight is 647 g/mol. The van der Waals surface area contributed by atoms with Gasteiger partial charge in [0.2, 0.25) is 5.60 Å². The van der Waals surface area contributed by atoms with Crippen LogP contribution in [0.25, 0.3) is 21.5 Å². The molecule has 2 atom stereocenters. The number of anilines is 1. The lowest BCUT2D eigenvalue weighted by Gasteiger charge is -2.40. The number of ether oxygens (including phenoxy) is 3. The van der Waals surface area contributed by atoms with Crippen LogP contribution in [0.15, 0.2) is 138 Å². The Balaban J connectivity index is 1.56. The van der Waals surface area contributed by atoms with E-state index in [4.69, 9.17) is 14.2 Å². The van der Waals surface area contributed by atoms with Gasteiger partial charge >= 0.3 is 5.97 Å². The molecule has 0 aliphatic rings. The standard InChI is InChI=1S/C38H32BrNO4/c1-42-32-22-20-31(21-23-32)40-36(26-10-4-3-5-11-26)38(37(41)43-2,29-16-18-30(39)19-17-29)44-25-35-33-14-8-6-12-27(33)24-28-13-7-9-15-34(28)35/h3-24,36,40H,25H2,1-2H3/t36-,38-/m0/s1. The van der Waals surface area contributed by atoms with Crippen LogP contribution in [-0.4, -0.2) is 20.2 Å². The van der Waals surface area contributed by atoms with Gasteiger partial charge in [-0.15, -0.1) is 0 Å². The summed E-state index contributed by atoms with van der Waals surface area (Å²) in [4.78, 5) is 14.4. The molecule has 0 spiro atoms. The number of halogens is 1. The molecule has 0 aliphatic carbocycles. The van der Waals surface area contributed by atoms with Crippen LogP contribution in [0.2, 0.25) is 0 Å². The van der Waals surface area contributed by atoms with Gasteiger partial charge in [0.25, 0.3) is 0 Å². The third kappa shape index (κ3) is 5.66. The molecule has 6 heteroatoms. The molecule has 0 fully saturated rings. The second kappa shape index (κ2) is 12.9. The first kappa shape index (κ1) is 29.4. The number of methoxy groups -OCH3 is 2. The van der Waals surface area contributed by atoms with Crippen LogP contribution in [0.5, 0.6) is 5.75 Å². The highest BCUT2D eigenvalue weighted by atomic mass is 79.9. The minimum atomic E-state index is -1.59. The molecule has 6 aromatic carbocycles. The number of nitrogens with one attached hydrogen (secondary N) is 1. The highest BCUT2D eigenvalue weighted by Gasteiger charge is 2.51. The zero-order valence-corrected chi connectivity index (χ0v) is 26.1. The fourth-order valence-corrected chi connectivity index (χ4v) is 6.11.